The number of piperidine rings is 1. The number of carbonyl (C=O) groups excluding carboxylic acids is 1. The molecule has 1 fully saturated rings. The van der Waals surface area contributed by atoms with Gasteiger partial charge in [0.25, 0.3) is 0 Å². The van der Waals surface area contributed by atoms with Crippen molar-refractivity contribution < 1.29 is 14.7 Å². The third-order valence-electron chi connectivity index (χ3n) is 3.57. The molecule has 3 N–H and O–H groups in total. The Kier molecular flexibility index (Phi) is 5.47. The molecule has 0 bridgehead atoms. The van der Waals surface area contributed by atoms with E-state index in [1.165, 1.54) is 4.90 Å². The standard InChI is InChI=1S/C12H22N2O3S/c1-12(11(16)17)6-3-4-7-14(12)10(15)9(13)5-8-18-2/h9H,3-8,13H2,1-2H3,(H,16,17)/t9-,12?/m0/s1. The normalized spacial score (nSPS) is 25.8. The lowest BCUT2D eigenvalue weighted by molar-refractivity contribution is -0.161. The quantitative estimate of drug-likeness (QED) is 0.779. The average Bonchev–Trinajstić information content (AvgIpc) is 2.35. The summed E-state index contributed by atoms with van der Waals surface area (Å²) in [6.07, 6.45) is 4.74. The number of aliphatic carboxylic acids is 1. The molecule has 1 heterocycles. The summed E-state index contributed by atoms with van der Waals surface area (Å²) in [6, 6.07) is -0.589. The summed E-state index contributed by atoms with van der Waals surface area (Å²) < 4.78 is 0. The van der Waals surface area contributed by atoms with Crippen molar-refractivity contribution in [2.75, 3.05) is 18.6 Å². The third-order valence-corrected chi connectivity index (χ3v) is 4.21. The summed E-state index contributed by atoms with van der Waals surface area (Å²) in [5, 5.41) is 9.34. The minimum absolute atomic E-state index is 0.228. The smallest absolute Gasteiger partial charge is 0.329 e. The number of hydrogen-bond acceptors (Lipinski definition) is 4. The van der Waals surface area contributed by atoms with Crippen LogP contribution in [0.5, 0.6) is 0 Å². The Morgan fingerprint density at radius 2 is 2.17 bits per heavy atom. The van der Waals surface area contributed by atoms with Crippen LogP contribution in [0.4, 0.5) is 0 Å². The molecule has 0 aromatic rings. The summed E-state index contributed by atoms with van der Waals surface area (Å²) in [4.78, 5) is 25.1. The Morgan fingerprint density at radius 3 is 2.72 bits per heavy atom. The lowest BCUT2D eigenvalue weighted by Gasteiger charge is -2.42. The van der Waals surface area contributed by atoms with Gasteiger partial charge >= 0.3 is 5.97 Å². The number of carboxylic acid groups (broad SMARTS) is 1. The molecular weight excluding hydrogens is 252 g/mol. The van der Waals surface area contributed by atoms with E-state index in [4.69, 9.17) is 5.73 Å². The monoisotopic (exact) mass is 274 g/mol. The molecule has 18 heavy (non-hydrogen) atoms. The van der Waals surface area contributed by atoms with Gasteiger partial charge in [-0.25, -0.2) is 4.79 Å². The summed E-state index contributed by atoms with van der Waals surface area (Å²) >= 11 is 1.63. The fraction of sp³-hybridized carbons (Fsp3) is 0.833. The van der Waals surface area contributed by atoms with Crippen LogP contribution in [0.1, 0.15) is 32.6 Å². The molecule has 0 aromatic carbocycles. The maximum Gasteiger partial charge on any atom is 0.329 e. The Labute approximate surface area is 112 Å². The van der Waals surface area contributed by atoms with E-state index >= 15 is 0 Å². The highest BCUT2D eigenvalue weighted by Crippen LogP contribution is 2.29. The van der Waals surface area contributed by atoms with Gasteiger partial charge in [0.15, 0.2) is 0 Å². The van der Waals surface area contributed by atoms with Crippen molar-refractivity contribution >= 4 is 23.6 Å². The number of likely N-dealkylation sites (tertiary alicyclic amines) is 1. The van der Waals surface area contributed by atoms with Crippen LogP contribution < -0.4 is 5.73 Å². The predicted octanol–water partition coefficient (Wildman–Crippen LogP) is 0.923. The van der Waals surface area contributed by atoms with E-state index in [0.717, 1.165) is 18.6 Å². The van der Waals surface area contributed by atoms with E-state index in [-0.39, 0.29) is 5.91 Å². The van der Waals surface area contributed by atoms with Crippen LogP contribution in [-0.4, -0.2) is 52.0 Å². The van der Waals surface area contributed by atoms with E-state index in [1.807, 2.05) is 6.26 Å². The molecule has 1 saturated heterocycles. The second kappa shape index (κ2) is 6.43. The van der Waals surface area contributed by atoms with Crippen molar-refractivity contribution in [2.24, 2.45) is 5.73 Å². The van der Waals surface area contributed by atoms with Gasteiger partial charge in [0.2, 0.25) is 5.91 Å². The molecule has 0 aromatic heterocycles. The van der Waals surface area contributed by atoms with Gasteiger partial charge in [0.05, 0.1) is 6.04 Å². The van der Waals surface area contributed by atoms with Crippen molar-refractivity contribution in [1.82, 2.24) is 4.90 Å². The molecule has 1 unspecified atom stereocenters. The highest BCUT2D eigenvalue weighted by Gasteiger charge is 2.44. The summed E-state index contributed by atoms with van der Waals surface area (Å²) in [5.41, 5.74) is 4.77. The van der Waals surface area contributed by atoms with Crippen LogP contribution in [0.25, 0.3) is 0 Å². The van der Waals surface area contributed by atoms with Crippen molar-refractivity contribution in [1.29, 1.82) is 0 Å². The number of nitrogens with two attached hydrogens (primary N) is 1. The molecule has 104 valence electrons. The van der Waals surface area contributed by atoms with Crippen molar-refractivity contribution in [3.8, 4) is 0 Å². The second-order valence-electron chi connectivity index (χ2n) is 4.91. The molecule has 1 aliphatic rings. The molecule has 0 aliphatic carbocycles. The lowest BCUT2D eigenvalue weighted by Crippen LogP contribution is -2.60. The first-order chi connectivity index (χ1) is 8.43. The number of nitrogens with zero attached hydrogens (tertiary/aromatic N) is 1. The van der Waals surface area contributed by atoms with Gasteiger partial charge in [0, 0.05) is 6.54 Å². The topological polar surface area (TPSA) is 83.6 Å². The minimum Gasteiger partial charge on any atom is -0.480 e. The predicted molar refractivity (Wildman–Crippen MR) is 72.6 cm³/mol. The summed E-state index contributed by atoms with van der Waals surface area (Å²) in [5.74, 6) is -0.355. The van der Waals surface area contributed by atoms with Crippen LogP contribution in [0.2, 0.25) is 0 Å². The zero-order valence-corrected chi connectivity index (χ0v) is 11.8. The van der Waals surface area contributed by atoms with Crippen molar-refractivity contribution in [2.45, 2.75) is 44.2 Å². The highest BCUT2D eigenvalue weighted by molar-refractivity contribution is 7.98. The summed E-state index contributed by atoms with van der Waals surface area (Å²) in [6.45, 7) is 2.11. The number of rotatable bonds is 5. The maximum atomic E-state index is 12.3. The molecule has 6 heteroatoms. The first-order valence-electron chi connectivity index (χ1n) is 6.23. The SMILES string of the molecule is CSCC[C@H](N)C(=O)N1CCCCC1(C)C(=O)O. The van der Waals surface area contributed by atoms with E-state index in [1.54, 1.807) is 18.7 Å². The number of amides is 1. The fourth-order valence-electron chi connectivity index (χ4n) is 2.27. The Morgan fingerprint density at radius 1 is 1.50 bits per heavy atom. The third kappa shape index (κ3) is 3.17. The first-order valence-corrected chi connectivity index (χ1v) is 7.62. The average molecular weight is 274 g/mol. The first kappa shape index (κ1) is 15.3. The van der Waals surface area contributed by atoms with Crippen molar-refractivity contribution in [3.63, 3.8) is 0 Å². The van der Waals surface area contributed by atoms with E-state index in [9.17, 15) is 14.7 Å². The van der Waals surface area contributed by atoms with Gasteiger partial charge < -0.3 is 15.7 Å². The van der Waals surface area contributed by atoms with Gasteiger partial charge in [-0.3, -0.25) is 4.79 Å². The van der Waals surface area contributed by atoms with E-state index in [0.29, 0.717) is 19.4 Å². The molecule has 1 aliphatic heterocycles. The van der Waals surface area contributed by atoms with E-state index in [2.05, 4.69) is 0 Å². The van der Waals surface area contributed by atoms with Crippen LogP contribution in [-0.2, 0) is 9.59 Å². The largest absolute Gasteiger partial charge is 0.480 e. The Hall–Kier alpha value is -0.750. The van der Waals surface area contributed by atoms with Gasteiger partial charge in [-0.15, -0.1) is 0 Å². The van der Waals surface area contributed by atoms with Gasteiger partial charge in [-0.05, 0) is 44.6 Å². The molecule has 2 atom stereocenters. The Bertz CT molecular complexity index is 324. The lowest BCUT2D eigenvalue weighted by atomic mass is 9.87. The molecule has 0 radical (unpaired) electrons. The molecule has 0 spiro atoms. The molecule has 0 saturated carbocycles. The number of carboxylic acids is 1. The number of carbonyl (C=O) groups is 2. The maximum absolute atomic E-state index is 12.3. The molecule has 5 nitrogen and oxygen atoms in total. The van der Waals surface area contributed by atoms with E-state index < -0.39 is 17.6 Å². The number of thioether (sulfide) groups is 1. The van der Waals surface area contributed by atoms with Crippen molar-refractivity contribution in [3.05, 3.63) is 0 Å². The van der Waals surface area contributed by atoms with Gasteiger partial charge in [0.1, 0.15) is 5.54 Å². The second-order valence-corrected chi connectivity index (χ2v) is 5.90. The van der Waals surface area contributed by atoms with Crippen LogP contribution in [0.15, 0.2) is 0 Å². The minimum atomic E-state index is -1.09. The van der Waals surface area contributed by atoms with Crippen LogP contribution >= 0.6 is 11.8 Å². The molecule has 1 rings (SSSR count). The Balaban J connectivity index is 2.77. The number of hydrogen-bond donors (Lipinski definition) is 2. The van der Waals surface area contributed by atoms with Crippen LogP contribution in [0.3, 0.4) is 0 Å². The summed E-state index contributed by atoms with van der Waals surface area (Å²) in [7, 11) is 0. The zero-order valence-electron chi connectivity index (χ0n) is 11.0. The highest BCUT2D eigenvalue weighted by atomic mass is 32.2. The zero-order chi connectivity index (χ0) is 13.8. The fourth-order valence-corrected chi connectivity index (χ4v) is 2.75. The molecule has 1 amide bonds. The van der Waals surface area contributed by atoms with Gasteiger partial charge in [-0.1, -0.05) is 0 Å². The van der Waals surface area contributed by atoms with Gasteiger partial charge in [-0.2, -0.15) is 11.8 Å². The van der Waals surface area contributed by atoms with Crippen LogP contribution in [0, 0.1) is 0 Å². The molecular formula is C12H22N2O3S.